The SMILES string of the molecule is CCCCCCCCCNC(CC)CSC. The summed E-state index contributed by atoms with van der Waals surface area (Å²) in [5.74, 6) is 1.26. The van der Waals surface area contributed by atoms with Crippen LogP contribution < -0.4 is 5.32 Å². The van der Waals surface area contributed by atoms with Crippen LogP contribution in [0.4, 0.5) is 0 Å². The largest absolute Gasteiger partial charge is 0.313 e. The van der Waals surface area contributed by atoms with Crippen LogP contribution in [0.25, 0.3) is 0 Å². The lowest BCUT2D eigenvalue weighted by Gasteiger charge is -2.15. The van der Waals surface area contributed by atoms with Gasteiger partial charge in [-0.15, -0.1) is 0 Å². The molecule has 1 unspecified atom stereocenters. The van der Waals surface area contributed by atoms with Gasteiger partial charge in [-0.2, -0.15) is 11.8 Å². The first-order valence-corrected chi connectivity index (χ1v) is 8.46. The van der Waals surface area contributed by atoms with Gasteiger partial charge in [0.1, 0.15) is 0 Å². The highest BCUT2D eigenvalue weighted by molar-refractivity contribution is 7.98. The van der Waals surface area contributed by atoms with E-state index in [2.05, 4.69) is 25.4 Å². The zero-order chi connectivity index (χ0) is 12.1. The Morgan fingerprint density at radius 2 is 1.56 bits per heavy atom. The van der Waals surface area contributed by atoms with Crippen molar-refractivity contribution in [2.45, 2.75) is 71.3 Å². The molecule has 0 radical (unpaired) electrons. The maximum atomic E-state index is 3.65. The van der Waals surface area contributed by atoms with Gasteiger partial charge in [0.15, 0.2) is 0 Å². The Labute approximate surface area is 107 Å². The van der Waals surface area contributed by atoms with E-state index in [0.717, 1.165) is 6.04 Å². The van der Waals surface area contributed by atoms with Crippen molar-refractivity contribution in [2.24, 2.45) is 0 Å². The molecule has 0 saturated carbocycles. The van der Waals surface area contributed by atoms with Crippen molar-refractivity contribution in [3.05, 3.63) is 0 Å². The molecule has 0 aliphatic heterocycles. The molecule has 0 aromatic heterocycles. The summed E-state index contributed by atoms with van der Waals surface area (Å²) in [6, 6.07) is 0.732. The number of nitrogens with one attached hydrogen (secondary N) is 1. The lowest BCUT2D eigenvalue weighted by molar-refractivity contribution is 0.507. The molecule has 0 aliphatic rings. The van der Waals surface area contributed by atoms with E-state index in [1.807, 2.05) is 11.8 Å². The summed E-state index contributed by atoms with van der Waals surface area (Å²) < 4.78 is 0. The normalized spacial score (nSPS) is 12.9. The van der Waals surface area contributed by atoms with Crippen molar-refractivity contribution in [3.63, 3.8) is 0 Å². The second-order valence-electron chi connectivity index (χ2n) is 4.64. The van der Waals surface area contributed by atoms with Gasteiger partial charge < -0.3 is 5.32 Å². The van der Waals surface area contributed by atoms with Gasteiger partial charge in [-0.1, -0.05) is 52.4 Å². The molecule has 0 aliphatic carbocycles. The molecule has 1 N–H and O–H groups in total. The summed E-state index contributed by atoms with van der Waals surface area (Å²) in [6.45, 7) is 5.77. The van der Waals surface area contributed by atoms with Crippen LogP contribution in [0.15, 0.2) is 0 Å². The van der Waals surface area contributed by atoms with E-state index in [1.54, 1.807) is 0 Å². The van der Waals surface area contributed by atoms with Crippen LogP contribution in [0, 0.1) is 0 Å². The molecular weight excluding hydrogens is 214 g/mol. The van der Waals surface area contributed by atoms with Crippen molar-refractivity contribution in [2.75, 3.05) is 18.6 Å². The highest BCUT2D eigenvalue weighted by atomic mass is 32.2. The Morgan fingerprint density at radius 1 is 0.938 bits per heavy atom. The Bertz CT molecular complexity index is 128. The van der Waals surface area contributed by atoms with Gasteiger partial charge in [-0.3, -0.25) is 0 Å². The van der Waals surface area contributed by atoms with E-state index < -0.39 is 0 Å². The van der Waals surface area contributed by atoms with E-state index in [-0.39, 0.29) is 0 Å². The van der Waals surface area contributed by atoms with Gasteiger partial charge >= 0.3 is 0 Å². The predicted molar refractivity (Wildman–Crippen MR) is 78.5 cm³/mol. The highest BCUT2D eigenvalue weighted by Crippen LogP contribution is 2.07. The van der Waals surface area contributed by atoms with Crippen molar-refractivity contribution < 1.29 is 0 Å². The third-order valence-corrected chi connectivity index (χ3v) is 3.81. The van der Waals surface area contributed by atoms with Crippen LogP contribution >= 0.6 is 11.8 Å². The monoisotopic (exact) mass is 245 g/mol. The topological polar surface area (TPSA) is 12.0 Å². The first-order valence-electron chi connectivity index (χ1n) is 7.07. The molecule has 0 spiro atoms. The molecule has 0 aromatic carbocycles. The number of hydrogen-bond acceptors (Lipinski definition) is 2. The average molecular weight is 245 g/mol. The minimum absolute atomic E-state index is 0.732. The number of thioether (sulfide) groups is 1. The number of unbranched alkanes of at least 4 members (excludes halogenated alkanes) is 6. The van der Waals surface area contributed by atoms with Gasteiger partial charge in [0, 0.05) is 11.8 Å². The summed E-state index contributed by atoms with van der Waals surface area (Å²) in [7, 11) is 0. The first-order chi connectivity index (χ1) is 7.85. The minimum Gasteiger partial charge on any atom is -0.313 e. The van der Waals surface area contributed by atoms with Gasteiger partial charge in [-0.25, -0.2) is 0 Å². The summed E-state index contributed by atoms with van der Waals surface area (Å²) in [6.07, 6.45) is 13.3. The molecule has 0 rings (SSSR count). The molecule has 2 heteroatoms. The zero-order valence-corrected chi connectivity index (χ0v) is 12.4. The van der Waals surface area contributed by atoms with Gasteiger partial charge in [0.05, 0.1) is 0 Å². The van der Waals surface area contributed by atoms with Crippen molar-refractivity contribution in [3.8, 4) is 0 Å². The predicted octanol–water partition coefficient (Wildman–Crippen LogP) is 4.47. The zero-order valence-electron chi connectivity index (χ0n) is 11.6. The highest BCUT2D eigenvalue weighted by Gasteiger charge is 2.02. The Hall–Kier alpha value is 0.310. The van der Waals surface area contributed by atoms with Crippen LogP contribution in [-0.4, -0.2) is 24.6 Å². The molecule has 0 aromatic rings. The molecule has 98 valence electrons. The maximum absolute atomic E-state index is 3.65. The standard InChI is InChI=1S/C14H31NS/c1-4-6-7-8-9-10-11-12-15-14(5-2)13-16-3/h14-15H,4-13H2,1-3H3. The lowest BCUT2D eigenvalue weighted by atomic mass is 10.1. The van der Waals surface area contributed by atoms with Crippen molar-refractivity contribution in [1.82, 2.24) is 5.32 Å². The summed E-state index contributed by atoms with van der Waals surface area (Å²) >= 11 is 1.95. The molecule has 0 fully saturated rings. The molecule has 0 bridgehead atoms. The third kappa shape index (κ3) is 10.8. The maximum Gasteiger partial charge on any atom is 0.0155 e. The van der Waals surface area contributed by atoms with Gasteiger partial charge in [0.25, 0.3) is 0 Å². The summed E-state index contributed by atoms with van der Waals surface area (Å²) in [5.41, 5.74) is 0. The minimum atomic E-state index is 0.732. The van der Waals surface area contributed by atoms with E-state index in [1.165, 1.54) is 63.7 Å². The molecular formula is C14H31NS. The van der Waals surface area contributed by atoms with E-state index >= 15 is 0 Å². The lowest BCUT2D eigenvalue weighted by Crippen LogP contribution is -2.31. The Kier molecular flexibility index (Phi) is 13.6. The summed E-state index contributed by atoms with van der Waals surface area (Å²) in [5, 5.41) is 3.65. The Morgan fingerprint density at radius 3 is 2.12 bits per heavy atom. The van der Waals surface area contributed by atoms with Crippen LogP contribution in [0.5, 0.6) is 0 Å². The average Bonchev–Trinajstić information content (AvgIpc) is 2.31. The molecule has 1 nitrogen and oxygen atoms in total. The molecule has 0 amide bonds. The van der Waals surface area contributed by atoms with Crippen LogP contribution in [-0.2, 0) is 0 Å². The van der Waals surface area contributed by atoms with Crippen molar-refractivity contribution in [1.29, 1.82) is 0 Å². The third-order valence-electron chi connectivity index (χ3n) is 3.07. The second kappa shape index (κ2) is 13.4. The number of rotatable bonds is 12. The van der Waals surface area contributed by atoms with Crippen molar-refractivity contribution >= 4 is 11.8 Å². The van der Waals surface area contributed by atoms with E-state index in [4.69, 9.17) is 0 Å². The summed E-state index contributed by atoms with van der Waals surface area (Å²) in [4.78, 5) is 0. The number of hydrogen-bond donors (Lipinski definition) is 1. The fourth-order valence-corrected chi connectivity index (χ4v) is 2.67. The molecule has 16 heavy (non-hydrogen) atoms. The fraction of sp³-hybridized carbons (Fsp3) is 1.00. The van der Waals surface area contributed by atoms with Crippen LogP contribution in [0.3, 0.4) is 0 Å². The fourth-order valence-electron chi connectivity index (χ4n) is 1.91. The second-order valence-corrected chi connectivity index (χ2v) is 5.55. The van der Waals surface area contributed by atoms with E-state index in [9.17, 15) is 0 Å². The van der Waals surface area contributed by atoms with Gasteiger partial charge in [0.2, 0.25) is 0 Å². The first kappa shape index (κ1) is 16.3. The smallest absolute Gasteiger partial charge is 0.0155 e. The molecule has 0 heterocycles. The van der Waals surface area contributed by atoms with Crippen LogP contribution in [0.2, 0.25) is 0 Å². The van der Waals surface area contributed by atoms with Gasteiger partial charge in [-0.05, 0) is 25.6 Å². The van der Waals surface area contributed by atoms with E-state index in [0.29, 0.717) is 0 Å². The molecule has 0 saturated heterocycles. The van der Waals surface area contributed by atoms with Crippen LogP contribution in [0.1, 0.15) is 65.2 Å². The molecule has 1 atom stereocenters. The quantitative estimate of drug-likeness (QED) is 0.509. The Balaban J connectivity index is 3.12.